The standard InChI is InChI=1S/C13H16N2O3/c14-13(18)10-5-8-3-1-2-4-9(8)6-11(10)15-12(17)7-16/h5-6,16H,1-4,7H2,(H2,14,18)(H,15,17). The fraction of sp³-hybridized carbons (Fsp3) is 0.385. The summed E-state index contributed by atoms with van der Waals surface area (Å²) in [6.07, 6.45) is 4.09. The lowest BCUT2D eigenvalue weighted by molar-refractivity contribution is -0.118. The second-order valence-electron chi connectivity index (χ2n) is 4.44. The number of hydrogen-bond acceptors (Lipinski definition) is 3. The van der Waals surface area contributed by atoms with Gasteiger partial charge in [0.05, 0.1) is 11.3 Å². The van der Waals surface area contributed by atoms with Gasteiger partial charge in [-0.15, -0.1) is 0 Å². The Bertz CT molecular complexity index is 497. The van der Waals surface area contributed by atoms with E-state index in [-0.39, 0.29) is 0 Å². The number of benzene rings is 1. The molecule has 1 aliphatic rings. The van der Waals surface area contributed by atoms with E-state index in [4.69, 9.17) is 10.8 Å². The van der Waals surface area contributed by atoms with Crippen LogP contribution >= 0.6 is 0 Å². The summed E-state index contributed by atoms with van der Waals surface area (Å²) in [7, 11) is 0. The molecule has 1 aromatic carbocycles. The van der Waals surface area contributed by atoms with Gasteiger partial charge in [0.25, 0.3) is 5.91 Å². The Morgan fingerprint density at radius 2 is 1.83 bits per heavy atom. The van der Waals surface area contributed by atoms with Crippen molar-refractivity contribution in [3.8, 4) is 0 Å². The van der Waals surface area contributed by atoms with Gasteiger partial charge in [-0.3, -0.25) is 9.59 Å². The second kappa shape index (κ2) is 5.18. The molecule has 0 atom stereocenters. The maximum Gasteiger partial charge on any atom is 0.250 e. The van der Waals surface area contributed by atoms with E-state index in [2.05, 4.69) is 5.32 Å². The topological polar surface area (TPSA) is 92.4 Å². The van der Waals surface area contributed by atoms with Gasteiger partial charge in [0, 0.05) is 0 Å². The molecular formula is C13H16N2O3. The number of carbonyl (C=O) groups excluding carboxylic acids is 2. The number of aliphatic hydroxyl groups excluding tert-OH is 1. The lowest BCUT2D eigenvalue weighted by atomic mass is 9.89. The fourth-order valence-electron chi connectivity index (χ4n) is 2.28. The number of rotatable bonds is 3. The number of carbonyl (C=O) groups is 2. The Morgan fingerprint density at radius 1 is 1.22 bits per heavy atom. The van der Waals surface area contributed by atoms with E-state index in [1.807, 2.05) is 0 Å². The highest BCUT2D eigenvalue weighted by Gasteiger charge is 2.17. The van der Waals surface area contributed by atoms with Crippen molar-refractivity contribution in [2.24, 2.45) is 5.73 Å². The zero-order valence-corrected chi connectivity index (χ0v) is 10.0. The molecule has 18 heavy (non-hydrogen) atoms. The third-order valence-corrected chi connectivity index (χ3v) is 3.17. The molecule has 0 aliphatic heterocycles. The van der Waals surface area contributed by atoms with Gasteiger partial charge in [-0.1, -0.05) is 0 Å². The first-order chi connectivity index (χ1) is 8.61. The van der Waals surface area contributed by atoms with Gasteiger partial charge >= 0.3 is 0 Å². The maximum absolute atomic E-state index is 11.4. The highest BCUT2D eigenvalue weighted by Crippen LogP contribution is 2.27. The zero-order valence-electron chi connectivity index (χ0n) is 10.0. The first-order valence-electron chi connectivity index (χ1n) is 5.98. The van der Waals surface area contributed by atoms with Crippen LogP contribution in [0.5, 0.6) is 0 Å². The predicted octanol–water partition coefficient (Wildman–Crippen LogP) is 0.595. The number of fused-ring (bicyclic) bond motifs is 1. The van der Waals surface area contributed by atoms with Gasteiger partial charge in [-0.05, 0) is 48.9 Å². The van der Waals surface area contributed by atoms with Crippen LogP contribution in [-0.2, 0) is 17.6 Å². The summed E-state index contributed by atoms with van der Waals surface area (Å²) >= 11 is 0. The van der Waals surface area contributed by atoms with E-state index in [1.54, 1.807) is 12.1 Å². The van der Waals surface area contributed by atoms with E-state index in [9.17, 15) is 9.59 Å². The number of anilines is 1. The summed E-state index contributed by atoms with van der Waals surface area (Å²) in [6, 6.07) is 3.55. The van der Waals surface area contributed by atoms with E-state index < -0.39 is 18.4 Å². The van der Waals surface area contributed by atoms with Gasteiger partial charge in [0.2, 0.25) is 5.91 Å². The Morgan fingerprint density at radius 3 is 2.39 bits per heavy atom. The largest absolute Gasteiger partial charge is 0.387 e. The van der Waals surface area contributed by atoms with Crippen LogP contribution < -0.4 is 11.1 Å². The van der Waals surface area contributed by atoms with Crippen LogP contribution in [-0.4, -0.2) is 23.5 Å². The van der Waals surface area contributed by atoms with Crippen molar-refractivity contribution in [2.75, 3.05) is 11.9 Å². The monoisotopic (exact) mass is 248 g/mol. The van der Waals surface area contributed by atoms with Crippen molar-refractivity contribution >= 4 is 17.5 Å². The molecule has 0 aromatic heterocycles. The van der Waals surface area contributed by atoms with Crippen LogP contribution in [0.1, 0.15) is 34.3 Å². The highest BCUT2D eigenvalue weighted by molar-refractivity contribution is 6.03. The summed E-state index contributed by atoms with van der Waals surface area (Å²) < 4.78 is 0. The molecule has 0 unspecified atom stereocenters. The third kappa shape index (κ3) is 2.51. The molecule has 0 heterocycles. The number of amides is 2. The normalized spacial score (nSPS) is 13.8. The first kappa shape index (κ1) is 12.6. The van der Waals surface area contributed by atoms with Crippen molar-refractivity contribution in [3.63, 3.8) is 0 Å². The number of nitrogens with one attached hydrogen (secondary N) is 1. The van der Waals surface area contributed by atoms with Crippen LogP contribution in [0.3, 0.4) is 0 Å². The highest BCUT2D eigenvalue weighted by atomic mass is 16.3. The quantitative estimate of drug-likeness (QED) is 0.731. The van der Waals surface area contributed by atoms with Crippen LogP contribution in [0.2, 0.25) is 0 Å². The molecule has 0 radical (unpaired) electrons. The fourth-order valence-corrected chi connectivity index (χ4v) is 2.28. The van der Waals surface area contributed by atoms with E-state index in [1.165, 1.54) is 0 Å². The van der Waals surface area contributed by atoms with Crippen molar-refractivity contribution in [3.05, 3.63) is 28.8 Å². The molecule has 1 aromatic rings. The van der Waals surface area contributed by atoms with Crippen molar-refractivity contribution in [1.82, 2.24) is 0 Å². The van der Waals surface area contributed by atoms with Gasteiger partial charge in [0.15, 0.2) is 0 Å². The summed E-state index contributed by atoms with van der Waals surface area (Å²) in [5.74, 6) is -1.12. The maximum atomic E-state index is 11.4. The molecule has 2 rings (SSSR count). The number of aryl methyl sites for hydroxylation is 2. The first-order valence-corrected chi connectivity index (χ1v) is 5.98. The SMILES string of the molecule is NC(=O)c1cc2c(cc1NC(=O)CO)CCCC2. The molecule has 0 bridgehead atoms. The van der Waals surface area contributed by atoms with Gasteiger partial charge < -0.3 is 16.2 Å². The smallest absolute Gasteiger partial charge is 0.250 e. The Labute approximate surface area is 105 Å². The minimum absolute atomic E-state index is 0.303. The van der Waals surface area contributed by atoms with Gasteiger partial charge in [0.1, 0.15) is 6.61 Å². The molecule has 0 spiro atoms. The van der Waals surface area contributed by atoms with E-state index in [0.29, 0.717) is 11.3 Å². The predicted molar refractivity (Wildman–Crippen MR) is 67.3 cm³/mol. The number of nitrogens with two attached hydrogens (primary N) is 1. The number of primary amides is 1. The molecule has 96 valence electrons. The summed E-state index contributed by atoms with van der Waals surface area (Å²) in [5, 5.41) is 11.2. The van der Waals surface area contributed by atoms with Gasteiger partial charge in [-0.2, -0.15) is 0 Å². The second-order valence-corrected chi connectivity index (χ2v) is 4.44. The summed E-state index contributed by atoms with van der Waals surface area (Å²) in [4.78, 5) is 22.6. The molecule has 5 heteroatoms. The summed E-state index contributed by atoms with van der Waals surface area (Å²) in [5.41, 5.74) is 8.27. The Balaban J connectivity index is 2.42. The summed E-state index contributed by atoms with van der Waals surface area (Å²) in [6.45, 7) is -0.616. The Kier molecular flexibility index (Phi) is 3.62. The molecule has 0 fully saturated rings. The Hall–Kier alpha value is -1.88. The minimum atomic E-state index is -0.616. The molecule has 0 saturated heterocycles. The van der Waals surface area contributed by atoms with Crippen molar-refractivity contribution in [2.45, 2.75) is 25.7 Å². The third-order valence-electron chi connectivity index (χ3n) is 3.17. The van der Waals surface area contributed by atoms with E-state index >= 15 is 0 Å². The molecule has 4 N–H and O–H groups in total. The van der Waals surface area contributed by atoms with Crippen molar-refractivity contribution in [1.29, 1.82) is 0 Å². The molecule has 5 nitrogen and oxygen atoms in total. The van der Waals surface area contributed by atoms with Crippen LogP contribution in [0.25, 0.3) is 0 Å². The number of aliphatic hydroxyl groups is 1. The van der Waals surface area contributed by atoms with Crippen LogP contribution in [0.4, 0.5) is 5.69 Å². The van der Waals surface area contributed by atoms with Gasteiger partial charge in [-0.25, -0.2) is 0 Å². The van der Waals surface area contributed by atoms with Crippen molar-refractivity contribution < 1.29 is 14.7 Å². The van der Waals surface area contributed by atoms with E-state index in [0.717, 1.165) is 36.8 Å². The lowest BCUT2D eigenvalue weighted by Crippen LogP contribution is -2.21. The molecule has 0 saturated carbocycles. The average molecular weight is 248 g/mol. The minimum Gasteiger partial charge on any atom is -0.387 e. The zero-order chi connectivity index (χ0) is 13.1. The molecule has 1 aliphatic carbocycles. The van der Waals surface area contributed by atoms with Crippen LogP contribution in [0.15, 0.2) is 12.1 Å². The number of hydrogen-bond donors (Lipinski definition) is 3. The molecule has 2 amide bonds. The molecular weight excluding hydrogens is 232 g/mol. The lowest BCUT2D eigenvalue weighted by Gasteiger charge is -2.19. The van der Waals surface area contributed by atoms with Crippen LogP contribution in [0, 0.1) is 0 Å². The average Bonchev–Trinajstić information content (AvgIpc) is 2.37.